The van der Waals surface area contributed by atoms with Gasteiger partial charge in [-0.2, -0.15) is 0 Å². The van der Waals surface area contributed by atoms with Crippen molar-refractivity contribution in [3.05, 3.63) is 71.7 Å². The average Bonchev–Trinajstić information content (AvgIpc) is 2.62. The van der Waals surface area contributed by atoms with E-state index in [1.165, 1.54) is 31.2 Å². The Morgan fingerprint density at radius 2 is 1.81 bits per heavy atom. The minimum atomic E-state index is -1.01. The maximum absolute atomic E-state index is 12.9. The van der Waals surface area contributed by atoms with E-state index in [-0.39, 0.29) is 0 Å². The minimum absolute atomic E-state index is 0.356. The van der Waals surface area contributed by atoms with E-state index in [0.717, 1.165) is 0 Å². The number of pyridine rings is 1. The van der Waals surface area contributed by atoms with Gasteiger partial charge in [0.2, 0.25) is 0 Å². The Labute approximate surface area is 149 Å². The van der Waals surface area contributed by atoms with Crippen molar-refractivity contribution in [2.45, 2.75) is 20.0 Å². The fourth-order valence-corrected chi connectivity index (χ4v) is 2.53. The van der Waals surface area contributed by atoms with E-state index in [0.29, 0.717) is 27.8 Å². The smallest absolute Gasteiger partial charge is 0.339 e. The Morgan fingerprint density at radius 1 is 1.12 bits per heavy atom. The van der Waals surface area contributed by atoms with Crippen molar-refractivity contribution >= 4 is 28.5 Å². The van der Waals surface area contributed by atoms with Gasteiger partial charge in [-0.25, -0.2) is 9.18 Å². The van der Waals surface area contributed by atoms with Crippen LogP contribution in [-0.4, -0.2) is 23.0 Å². The molecule has 1 atom stereocenters. The van der Waals surface area contributed by atoms with Gasteiger partial charge in [-0.1, -0.05) is 18.2 Å². The van der Waals surface area contributed by atoms with Crippen molar-refractivity contribution in [3.8, 4) is 0 Å². The van der Waals surface area contributed by atoms with Crippen LogP contribution in [0.4, 0.5) is 10.1 Å². The number of aromatic nitrogens is 1. The topological polar surface area (TPSA) is 68.3 Å². The van der Waals surface area contributed by atoms with Gasteiger partial charge in [-0.15, -0.1) is 0 Å². The molecular formula is C20H17FN2O3. The predicted octanol–water partition coefficient (Wildman–Crippen LogP) is 3.87. The number of para-hydroxylation sites is 1. The molecule has 0 fully saturated rings. The molecule has 1 heterocycles. The second kappa shape index (κ2) is 7.31. The van der Waals surface area contributed by atoms with Gasteiger partial charge < -0.3 is 10.1 Å². The summed E-state index contributed by atoms with van der Waals surface area (Å²) in [5.74, 6) is -1.50. The predicted molar refractivity (Wildman–Crippen MR) is 96.4 cm³/mol. The summed E-state index contributed by atoms with van der Waals surface area (Å²) in [7, 11) is 0. The van der Waals surface area contributed by atoms with Gasteiger partial charge >= 0.3 is 5.97 Å². The number of fused-ring (bicyclic) bond motifs is 1. The second-order valence-corrected chi connectivity index (χ2v) is 5.87. The zero-order valence-electron chi connectivity index (χ0n) is 14.3. The first kappa shape index (κ1) is 17.5. The van der Waals surface area contributed by atoms with Gasteiger partial charge in [0.05, 0.1) is 11.1 Å². The summed E-state index contributed by atoms with van der Waals surface area (Å²) in [4.78, 5) is 29.1. The normalized spacial score (nSPS) is 11.8. The number of halogens is 1. The molecule has 0 aliphatic heterocycles. The Bertz CT molecular complexity index is 970. The summed E-state index contributed by atoms with van der Waals surface area (Å²) in [5.41, 5.74) is 2.14. The molecule has 0 aliphatic rings. The van der Waals surface area contributed by atoms with Crippen LogP contribution in [0.15, 0.2) is 54.6 Å². The lowest BCUT2D eigenvalue weighted by Crippen LogP contribution is -2.30. The van der Waals surface area contributed by atoms with E-state index in [1.54, 1.807) is 25.1 Å². The number of esters is 1. The van der Waals surface area contributed by atoms with E-state index in [4.69, 9.17) is 4.74 Å². The van der Waals surface area contributed by atoms with E-state index < -0.39 is 23.8 Å². The number of nitrogens with zero attached hydrogens (tertiary/aromatic N) is 1. The maximum atomic E-state index is 12.9. The van der Waals surface area contributed by atoms with Crippen LogP contribution in [0, 0.1) is 12.7 Å². The first-order chi connectivity index (χ1) is 12.4. The van der Waals surface area contributed by atoms with Gasteiger partial charge in [0, 0.05) is 16.8 Å². The zero-order chi connectivity index (χ0) is 18.7. The highest BCUT2D eigenvalue weighted by molar-refractivity contribution is 6.05. The number of rotatable bonds is 4. The van der Waals surface area contributed by atoms with Gasteiger partial charge in [0.25, 0.3) is 5.91 Å². The molecule has 26 heavy (non-hydrogen) atoms. The molecule has 6 heteroatoms. The molecular weight excluding hydrogens is 335 g/mol. The van der Waals surface area contributed by atoms with Crippen LogP contribution < -0.4 is 5.32 Å². The van der Waals surface area contributed by atoms with Gasteiger partial charge in [-0.3, -0.25) is 9.78 Å². The van der Waals surface area contributed by atoms with Crippen LogP contribution in [0.3, 0.4) is 0 Å². The maximum Gasteiger partial charge on any atom is 0.339 e. The third-order valence-corrected chi connectivity index (χ3v) is 3.83. The molecule has 0 saturated carbocycles. The van der Waals surface area contributed by atoms with Gasteiger partial charge in [0.15, 0.2) is 6.10 Å². The highest BCUT2D eigenvalue weighted by atomic mass is 19.1. The van der Waals surface area contributed by atoms with Crippen LogP contribution in [-0.2, 0) is 9.53 Å². The summed E-state index contributed by atoms with van der Waals surface area (Å²) in [6.45, 7) is 3.26. The molecule has 0 aliphatic carbocycles. The van der Waals surface area contributed by atoms with Crippen LogP contribution in [0.25, 0.3) is 10.9 Å². The first-order valence-corrected chi connectivity index (χ1v) is 8.08. The standard InChI is InChI=1S/C20H17FN2O3/c1-12-11-17(16-5-3-4-6-18(16)22-12)20(25)26-13(2)19(24)23-15-9-7-14(21)8-10-15/h3-11,13H,1-2H3,(H,23,24)/t13-/m0/s1. The van der Waals surface area contributed by atoms with Gasteiger partial charge in [-0.05, 0) is 50.2 Å². The Morgan fingerprint density at radius 3 is 2.54 bits per heavy atom. The highest BCUT2D eigenvalue weighted by Gasteiger charge is 2.21. The quantitative estimate of drug-likeness (QED) is 0.724. The Balaban J connectivity index is 1.75. The summed E-state index contributed by atoms with van der Waals surface area (Å²) in [5, 5.41) is 3.24. The summed E-state index contributed by atoms with van der Waals surface area (Å²) >= 11 is 0. The van der Waals surface area contributed by atoms with Crippen LogP contribution in [0.1, 0.15) is 23.0 Å². The summed E-state index contributed by atoms with van der Waals surface area (Å²) in [6.07, 6.45) is -1.01. The molecule has 3 aromatic rings. The fraction of sp³-hybridized carbons (Fsp3) is 0.150. The lowest BCUT2D eigenvalue weighted by Gasteiger charge is -2.14. The number of aryl methyl sites for hydroxylation is 1. The van der Waals surface area contributed by atoms with Crippen LogP contribution in [0.2, 0.25) is 0 Å². The number of carbonyl (C=O) groups excluding carboxylic acids is 2. The molecule has 0 saturated heterocycles. The molecule has 3 rings (SSSR count). The minimum Gasteiger partial charge on any atom is -0.449 e. The third kappa shape index (κ3) is 3.85. The van der Waals surface area contributed by atoms with Gasteiger partial charge in [0.1, 0.15) is 5.82 Å². The molecule has 0 unspecified atom stereocenters. The number of hydrogen-bond donors (Lipinski definition) is 1. The number of carbonyl (C=O) groups is 2. The molecule has 1 aromatic heterocycles. The number of hydrogen-bond acceptors (Lipinski definition) is 4. The lowest BCUT2D eigenvalue weighted by atomic mass is 10.1. The molecule has 132 valence electrons. The highest BCUT2D eigenvalue weighted by Crippen LogP contribution is 2.20. The molecule has 2 aromatic carbocycles. The fourth-order valence-electron chi connectivity index (χ4n) is 2.53. The summed E-state index contributed by atoms with van der Waals surface area (Å²) < 4.78 is 18.2. The Kier molecular flexibility index (Phi) is 4.93. The second-order valence-electron chi connectivity index (χ2n) is 5.87. The monoisotopic (exact) mass is 352 g/mol. The number of ether oxygens (including phenoxy) is 1. The van der Waals surface area contributed by atoms with Crippen molar-refractivity contribution in [2.75, 3.05) is 5.32 Å². The van der Waals surface area contributed by atoms with Crippen LogP contribution >= 0.6 is 0 Å². The average molecular weight is 352 g/mol. The molecule has 0 bridgehead atoms. The van der Waals surface area contributed by atoms with E-state index in [1.807, 2.05) is 12.1 Å². The number of nitrogens with one attached hydrogen (secondary N) is 1. The van der Waals surface area contributed by atoms with E-state index in [2.05, 4.69) is 10.3 Å². The van der Waals surface area contributed by atoms with Crippen molar-refractivity contribution in [1.82, 2.24) is 4.98 Å². The Hall–Kier alpha value is -3.28. The SMILES string of the molecule is Cc1cc(C(=O)O[C@@H](C)C(=O)Nc2ccc(F)cc2)c2ccccc2n1. The van der Waals surface area contributed by atoms with E-state index >= 15 is 0 Å². The zero-order valence-corrected chi connectivity index (χ0v) is 14.3. The largest absolute Gasteiger partial charge is 0.449 e. The molecule has 0 radical (unpaired) electrons. The van der Waals surface area contributed by atoms with Crippen molar-refractivity contribution < 1.29 is 18.7 Å². The van der Waals surface area contributed by atoms with E-state index in [9.17, 15) is 14.0 Å². The number of amides is 1. The van der Waals surface area contributed by atoms with Crippen molar-refractivity contribution in [2.24, 2.45) is 0 Å². The van der Waals surface area contributed by atoms with Crippen molar-refractivity contribution in [3.63, 3.8) is 0 Å². The molecule has 0 spiro atoms. The third-order valence-electron chi connectivity index (χ3n) is 3.83. The molecule has 5 nitrogen and oxygen atoms in total. The first-order valence-electron chi connectivity index (χ1n) is 8.08. The molecule has 1 N–H and O–H groups in total. The lowest BCUT2D eigenvalue weighted by molar-refractivity contribution is -0.123. The summed E-state index contributed by atoms with van der Waals surface area (Å²) in [6, 6.07) is 14.2. The van der Waals surface area contributed by atoms with Crippen molar-refractivity contribution in [1.29, 1.82) is 0 Å². The molecule has 1 amide bonds. The number of anilines is 1. The number of benzene rings is 2. The van der Waals surface area contributed by atoms with Crippen LogP contribution in [0.5, 0.6) is 0 Å².